The number of amides is 1. The van der Waals surface area contributed by atoms with Crippen LogP contribution in [0.1, 0.15) is 21.5 Å². The van der Waals surface area contributed by atoms with E-state index in [1.807, 2.05) is 24.3 Å². The van der Waals surface area contributed by atoms with Crippen molar-refractivity contribution in [2.45, 2.75) is 12.7 Å². The predicted octanol–water partition coefficient (Wildman–Crippen LogP) is 5.08. The molecule has 0 aliphatic carbocycles. The van der Waals surface area contributed by atoms with Gasteiger partial charge in [0.1, 0.15) is 0 Å². The highest BCUT2D eigenvalue weighted by Gasteiger charge is 2.33. The van der Waals surface area contributed by atoms with Gasteiger partial charge in [0.25, 0.3) is 5.91 Å². The van der Waals surface area contributed by atoms with E-state index in [4.69, 9.17) is 11.6 Å². The number of rotatable bonds is 4. The Morgan fingerprint density at radius 1 is 1.21 bits per heavy atom. The Bertz CT molecular complexity index is 1170. The maximum absolute atomic E-state index is 12.9. The smallest absolute Gasteiger partial charge is 0.348 e. The highest BCUT2D eigenvalue weighted by Crippen LogP contribution is 2.35. The molecule has 5 nitrogen and oxygen atoms in total. The van der Waals surface area contributed by atoms with E-state index in [0.717, 1.165) is 22.3 Å². The Labute approximate surface area is 171 Å². The van der Waals surface area contributed by atoms with E-state index in [-0.39, 0.29) is 22.7 Å². The number of halogens is 4. The molecule has 148 valence electrons. The second kappa shape index (κ2) is 7.49. The van der Waals surface area contributed by atoms with Crippen LogP contribution in [-0.2, 0) is 12.7 Å². The van der Waals surface area contributed by atoms with Crippen molar-refractivity contribution < 1.29 is 18.0 Å². The van der Waals surface area contributed by atoms with Gasteiger partial charge in [-0.1, -0.05) is 41.1 Å². The highest BCUT2D eigenvalue weighted by molar-refractivity contribution is 7.20. The molecular formula is C19H12ClF3N4OS. The van der Waals surface area contributed by atoms with Crippen LogP contribution in [0.3, 0.4) is 0 Å². The molecule has 1 amide bonds. The summed E-state index contributed by atoms with van der Waals surface area (Å²) in [5.74, 6) is -0.458. The molecule has 10 heteroatoms. The number of hydrogen-bond acceptors (Lipinski definition) is 4. The van der Waals surface area contributed by atoms with Crippen LogP contribution in [0.4, 0.5) is 13.2 Å². The lowest BCUT2D eigenvalue weighted by Gasteiger charge is -2.11. The van der Waals surface area contributed by atoms with Crippen LogP contribution in [0.25, 0.3) is 15.3 Å². The number of para-hydroxylation sites is 1. The number of carbonyl (C=O) groups is 1. The largest absolute Gasteiger partial charge is 0.417 e. The fraction of sp³-hybridized carbons (Fsp3) is 0.105. The van der Waals surface area contributed by atoms with Crippen molar-refractivity contribution in [2.75, 3.05) is 0 Å². The topological polar surface area (TPSA) is 59.8 Å². The third kappa shape index (κ3) is 4.10. The summed E-state index contributed by atoms with van der Waals surface area (Å²) in [5, 5.41) is 6.96. The van der Waals surface area contributed by atoms with Gasteiger partial charge in [0.2, 0.25) is 5.13 Å². The molecular weight excluding hydrogens is 425 g/mol. The number of fused-ring (bicyclic) bond motifs is 1. The molecule has 0 bridgehead atoms. The summed E-state index contributed by atoms with van der Waals surface area (Å²) in [6.45, 7) is -0.0780. The number of thiazole rings is 1. The van der Waals surface area contributed by atoms with E-state index in [0.29, 0.717) is 5.13 Å². The Morgan fingerprint density at radius 3 is 2.76 bits per heavy atom. The first-order valence-electron chi connectivity index (χ1n) is 8.36. The van der Waals surface area contributed by atoms with Crippen molar-refractivity contribution in [3.05, 3.63) is 76.6 Å². The molecule has 2 heterocycles. The molecule has 2 aromatic carbocycles. The van der Waals surface area contributed by atoms with Crippen molar-refractivity contribution >= 4 is 39.1 Å². The van der Waals surface area contributed by atoms with Gasteiger partial charge in [-0.15, -0.1) is 0 Å². The SMILES string of the molecule is O=C(NCc1ccc(Cl)c(C(F)(F)F)c1)c1cnn(-c2nc3ccccc3s2)c1. The zero-order valence-corrected chi connectivity index (χ0v) is 16.1. The van der Waals surface area contributed by atoms with Gasteiger partial charge in [0.05, 0.1) is 32.6 Å². The average molecular weight is 437 g/mol. The lowest BCUT2D eigenvalue weighted by atomic mass is 10.1. The monoisotopic (exact) mass is 436 g/mol. The van der Waals surface area contributed by atoms with Crippen LogP contribution in [0.15, 0.2) is 54.9 Å². The summed E-state index contributed by atoms with van der Waals surface area (Å²) in [6.07, 6.45) is -1.66. The zero-order valence-electron chi connectivity index (χ0n) is 14.6. The molecule has 29 heavy (non-hydrogen) atoms. The molecule has 1 N–H and O–H groups in total. The number of benzene rings is 2. The van der Waals surface area contributed by atoms with Gasteiger partial charge >= 0.3 is 6.18 Å². The number of carbonyl (C=O) groups excluding carboxylic acids is 1. The van der Waals surface area contributed by atoms with Crippen LogP contribution in [0.5, 0.6) is 0 Å². The molecule has 2 aromatic heterocycles. The molecule has 0 saturated carbocycles. The van der Waals surface area contributed by atoms with Crippen LogP contribution in [0.2, 0.25) is 5.02 Å². The quantitative estimate of drug-likeness (QED) is 0.485. The van der Waals surface area contributed by atoms with E-state index in [9.17, 15) is 18.0 Å². The molecule has 0 aliphatic heterocycles. The van der Waals surface area contributed by atoms with Crippen molar-refractivity contribution in [1.82, 2.24) is 20.1 Å². The number of nitrogens with one attached hydrogen (secondary N) is 1. The Morgan fingerprint density at radius 2 is 2.00 bits per heavy atom. The summed E-state index contributed by atoms with van der Waals surface area (Å²) < 4.78 is 41.3. The summed E-state index contributed by atoms with van der Waals surface area (Å²) in [6, 6.07) is 11.1. The maximum Gasteiger partial charge on any atom is 0.417 e. The third-order valence-corrected chi connectivity index (χ3v) is 5.47. The van der Waals surface area contributed by atoms with E-state index < -0.39 is 17.6 Å². The fourth-order valence-corrected chi connectivity index (χ4v) is 3.81. The predicted molar refractivity (Wildman–Crippen MR) is 104 cm³/mol. The zero-order chi connectivity index (χ0) is 20.6. The third-order valence-electron chi connectivity index (χ3n) is 4.11. The number of alkyl halides is 3. The minimum atomic E-state index is -4.56. The van der Waals surface area contributed by atoms with Crippen LogP contribution in [0, 0.1) is 0 Å². The van der Waals surface area contributed by atoms with Gasteiger partial charge in [0.15, 0.2) is 0 Å². The van der Waals surface area contributed by atoms with E-state index >= 15 is 0 Å². The maximum atomic E-state index is 12.9. The molecule has 4 rings (SSSR count). The molecule has 0 aliphatic rings. The van der Waals surface area contributed by atoms with E-state index in [1.54, 1.807) is 0 Å². The molecule has 0 saturated heterocycles. The molecule has 4 aromatic rings. The van der Waals surface area contributed by atoms with Crippen molar-refractivity contribution in [1.29, 1.82) is 0 Å². The average Bonchev–Trinajstić information content (AvgIpc) is 3.33. The van der Waals surface area contributed by atoms with Gasteiger partial charge in [-0.2, -0.15) is 18.3 Å². The Balaban J connectivity index is 1.47. The summed E-state index contributed by atoms with van der Waals surface area (Å²) in [7, 11) is 0. The lowest BCUT2D eigenvalue weighted by Crippen LogP contribution is -2.22. The number of nitrogens with zero attached hydrogens (tertiary/aromatic N) is 3. The minimum Gasteiger partial charge on any atom is -0.348 e. The van der Waals surface area contributed by atoms with Crippen molar-refractivity contribution in [2.24, 2.45) is 0 Å². The fourth-order valence-electron chi connectivity index (χ4n) is 2.69. The number of aromatic nitrogens is 3. The van der Waals surface area contributed by atoms with Crippen molar-refractivity contribution in [3.63, 3.8) is 0 Å². The summed E-state index contributed by atoms with van der Waals surface area (Å²) >= 11 is 7.04. The van der Waals surface area contributed by atoms with Gasteiger partial charge in [-0.05, 0) is 29.8 Å². The molecule has 0 unspecified atom stereocenters. The minimum absolute atomic E-state index is 0.0780. The lowest BCUT2D eigenvalue weighted by molar-refractivity contribution is -0.137. The molecule has 0 atom stereocenters. The molecule has 0 fully saturated rings. The summed E-state index contributed by atoms with van der Waals surface area (Å²) in [4.78, 5) is 16.8. The second-order valence-corrected chi connectivity index (χ2v) is 7.55. The first-order chi connectivity index (χ1) is 13.8. The van der Waals surface area contributed by atoms with Gasteiger partial charge < -0.3 is 5.32 Å². The normalized spacial score (nSPS) is 11.7. The van der Waals surface area contributed by atoms with Crippen molar-refractivity contribution in [3.8, 4) is 5.13 Å². The standard InChI is InChI=1S/C19H12ClF3N4OS/c20-14-6-5-11(7-13(14)19(21,22)23)8-24-17(28)12-9-25-27(10-12)18-26-15-3-1-2-4-16(15)29-18/h1-7,9-10H,8H2,(H,24,28). The Kier molecular flexibility index (Phi) is 5.01. The van der Waals surface area contributed by atoms with Crippen LogP contribution >= 0.6 is 22.9 Å². The van der Waals surface area contributed by atoms with E-state index in [1.165, 1.54) is 34.5 Å². The Hall–Kier alpha value is -2.91. The van der Waals surface area contributed by atoms with Crippen LogP contribution < -0.4 is 5.32 Å². The molecule has 0 radical (unpaired) electrons. The van der Waals surface area contributed by atoms with Gasteiger partial charge in [-0.25, -0.2) is 9.67 Å². The van der Waals surface area contributed by atoms with Crippen LogP contribution in [-0.4, -0.2) is 20.7 Å². The van der Waals surface area contributed by atoms with Gasteiger partial charge in [0, 0.05) is 12.7 Å². The second-order valence-electron chi connectivity index (χ2n) is 6.13. The highest BCUT2D eigenvalue weighted by atomic mass is 35.5. The number of hydrogen-bond donors (Lipinski definition) is 1. The summed E-state index contributed by atoms with van der Waals surface area (Å²) in [5.41, 5.74) is 0.453. The van der Waals surface area contributed by atoms with Gasteiger partial charge in [-0.3, -0.25) is 4.79 Å². The first kappa shape index (κ1) is 19.4. The first-order valence-corrected chi connectivity index (χ1v) is 9.55. The molecule has 0 spiro atoms. The van der Waals surface area contributed by atoms with E-state index in [2.05, 4.69) is 15.4 Å².